The normalized spacial score (nSPS) is 18.1. The molecule has 0 fully saturated rings. The maximum atomic E-state index is 6.01. The molecule has 2 nitrogen and oxygen atoms in total. The number of hydrogen-bond acceptors (Lipinski definition) is 2. The van der Waals surface area contributed by atoms with E-state index in [4.69, 9.17) is 9.47 Å². The minimum Gasteiger partial charge on any atom is -0.495 e. The van der Waals surface area contributed by atoms with Crippen molar-refractivity contribution < 1.29 is 9.47 Å². The predicted octanol–water partition coefficient (Wildman–Crippen LogP) is 3.88. The fraction of sp³-hybridized carbons (Fsp3) is 0.412. The summed E-state index contributed by atoms with van der Waals surface area (Å²) in [7, 11) is 0. The first-order chi connectivity index (χ1) is 9.24. The van der Waals surface area contributed by atoms with E-state index < -0.39 is 5.60 Å². The van der Waals surface area contributed by atoms with Crippen molar-refractivity contribution in [1.29, 1.82) is 0 Å². The fourth-order valence-electron chi connectivity index (χ4n) is 2.36. The molecule has 0 bridgehead atoms. The molecular weight excluding hydrogens is 236 g/mol. The Hall–Kier alpha value is -1.54. The Morgan fingerprint density at radius 1 is 1.37 bits per heavy atom. The Bertz CT molecular complexity index is 436. The fourth-order valence-corrected chi connectivity index (χ4v) is 2.36. The van der Waals surface area contributed by atoms with Gasteiger partial charge in [0.25, 0.3) is 0 Å². The second kappa shape index (κ2) is 6.58. The summed E-state index contributed by atoms with van der Waals surface area (Å²) in [5, 5.41) is 0. The van der Waals surface area contributed by atoms with E-state index in [-0.39, 0.29) is 0 Å². The van der Waals surface area contributed by atoms with Gasteiger partial charge in [0.05, 0.1) is 13.2 Å². The molecule has 0 saturated carbocycles. The summed E-state index contributed by atoms with van der Waals surface area (Å²) in [4.78, 5) is 0. The molecule has 0 aromatic heterocycles. The van der Waals surface area contributed by atoms with Gasteiger partial charge in [-0.15, -0.1) is 6.58 Å². The minimum absolute atomic E-state index is 0.407. The van der Waals surface area contributed by atoms with Crippen LogP contribution < -0.4 is 0 Å². The van der Waals surface area contributed by atoms with E-state index in [0.29, 0.717) is 6.61 Å². The summed E-state index contributed by atoms with van der Waals surface area (Å²) in [6.45, 7) is 7.15. The maximum absolute atomic E-state index is 6.01. The van der Waals surface area contributed by atoms with E-state index in [0.717, 1.165) is 31.6 Å². The van der Waals surface area contributed by atoms with E-state index in [1.54, 1.807) is 6.08 Å². The zero-order valence-electron chi connectivity index (χ0n) is 11.6. The lowest BCUT2D eigenvalue weighted by molar-refractivity contribution is -0.0352. The number of hydrogen-bond donors (Lipinski definition) is 0. The van der Waals surface area contributed by atoms with Gasteiger partial charge in [0, 0.05) is 6.42 Å². The number of allylic oxidation sites excluding steroid dienone is 1. The Labute approximate surface area is 115 Å². The van der Waals surface area contributed by atoms with Gasteiger partial charge in [-0.05, 0) is 31.4 Å². The summed E-state index contributed by atoms with van der Waals surface area (Å²) in [5.41, 5.74) is 0.847. The number of ether oxygens (including phenoxy) is 2. The smallest absolute Gasteiger partial charge is 0.126 e. The highest BCUT2D eigenvalue weighted by molar-refractivity contribution is 5.22. The summed E-state index contributed by atoms with van der Waals surface area (Å²) in [6, 6.07) is 10.4. The second-order valence-electron chi connectivity index (χ2n) is 5.05. The van der Waals surface area contributed by atoms with Crippen LogP contribution in [0, 0.1) is 0 Å². The SMILES string of the molecule is C=CCOC(C)(Cc1ccccc1)C1=CCCCO1. The third-order valence-corrected chi connectivity index (χ3v) is 3.36. The first-order valence-corrected chi connectivity index (χ1v) is 6.87. The van der Waals surface area contributed by atoms with Crippen molar-refractivity contribution in [3.63, 3.8) is 0 Å². The van der Waals surface area contributed by atoms with Gasteiger partial charge in [0.2, 0.25) is 0 Å². The van der Waals surface area contributed by atoms with Gasteiger partial charge in [-0.1, -0.05) is 36.4 Å². The summed E-state index contributed by atoms with van der Waals surface area (Å²) in [6.07, 6.45) is 6.92. The van der Waals surface area contributed by atoms with Crippen molar-refractivity contribution in [1.82, 2.24) is 0 Å². The average Bonchev–Trinajstić information content (AvgIpc) is 2.47. The van der Waals surface area contributed by atoms with E-state index in [9.17, 15) is 0 Å². The molecule has 102 valence electrons. The third-order valence-electron chi connectivity index (χ3n) is 3.36. The highest BCUT2D eigenvalue weighted by Gasteiger charge is 2.32. The molecule has 0 radical (unpaired) electrons. The molecule has 1 heterocycles. The standard InChI is InChI=1S/C17H22O2/c1-3-12-19-17(2,16-11-7-8-13-18-16)14-15-9-5-4-6-10-15/h3-6,9-11H,1,7-8,12-14H2,2H3. The molecule has 19 heavy (non-hydrogen) atoms. The van der Waals surface area contributed by atoms with Gasteiger partial charge in [-0.3, -0.25) is 0 Å². The molecule has 1 aliphatic rings. The van der Waals surface area contributed by atoms with Crippen LogP contribution in [-0.2, 0) is 15.9 Å². The van der Waals surface area contributed by atoms with Crippen molar-refractivity contribution >= 4 is 0 Å². The molecule has 1 aliphatic heterocycles. The average molecular weight is 258 g/mol. The molecule has 0 saturated heterocycles. The van der Waals surface area contributed by atoms with Gasteiger partial charge in [-0.2, -0.15) is 0 Å². The van der Waals surface area contributed by atoms with Crippen molar-refractivity contribution in [2.75, 3.05) is 13.2 Å². The zero-order valence-corrected chi connectivity index (χ0v) is 11.6. The Morgan fingerprint density at radius 3 is 2.79 bits per heavy atom. The Kier molecular flexibility index (Phi) is 4.80. The van der Waals surface area contributed by atoms with Crippen LogP contribution in [0.25, 0.3) is 0 Å². The van der Waals surface area contributed by atoms with Gasteiger partial charge in [-0.25, -0.2) is 0 Å². The van der Waals surface area contributed by atoms with E-state index in [1.165, 1.54) is 5.56 Å². The lowest BCUT2D eigenvalue weighted by Gasteiger charge is -2.33. The predicted molar refractivity (Wildman–Crippen MR) is 78.0 cm³/mol. The highest BCUT2D eigenvalue weighted by Crippen LogP contribution is 2.30. The van der Waals surface area contributed by atoms with Gasteiger partial charge in [0.15, 0.2) is 0 Å². The van der Waals surface area contributed by atoms with E-state index in [2.05, 4.69) is 43.8 Å². The monoisotopic (exact) mass is 258 g/mol. The number of benzene rings is 1. The largest absolute Gasteiger partial charge is 0.495 e. The highest BCUT2D eigenvalue weighted by atomic mass is 16.5. The van der Waals surface area contributed by atoms with Gasteiger partial charge in [0.1, 0.15) is 11.4 Å². The lowest BCUT2D eigenvalue weighted by Crippen LogP contribution is -2.36. The summed E-state index contributed by atoms with van der Waals surface area (Å²) in [5.74, 6) is 0.962. The molecule has 1 unspecified atom stereocenters. The molecule has 0 N–H and O–H groups in total. The van der Waals surface area contributed by atoms with Crippen molar-refractivity contribution in [3.8, 4) is 0 Å². The van der Waals surface area contributed by atoms with Crippen molar-refractivity contribution in [2.45, 2.75) is 31.8 Å². The summed E-state index contributed by atoms with van der Waals surface area (Å²) >= 11 is 0. The molecule has 2 rings (SSSR count). The molecule has 0 aliphatic carbocycles. The Morgan fingerprint density at radius 2 is 2.16 bits per heavy atom. The van der Waals surface area contributed by atoms with Crippen LogP contribution in [0.5, 0.6) is 0 Å². The van der Waals surface area contributed by atoms with E-state index in [1.807, 2.05) is 6.07 Å². The molecule has 2 heteroatoms. The van der Waals surface area contributed by atoms with Crippen LogP contribution >= 0.6 is 0 Å². The first kappa shape index (κ1) is 13.9. The molecule has 1 aromatic carbocycles. The van der Waals surface area contributed by atoms with Crippen LogP contribution in [0.3, 0.4) is 0 Å². The molecular formula is C17H22O2. The molecule has 0 amide bonds. The summed E-state index contributed by atoms with van der Waals surface area (Å²) < 4.78 is 11.8. The number of rotatable bonds is 6. The van der Waals surface area contributed by atoms with Crippen LogP contribution in [0.1, 0.15) is 25.3 Å². The first-order valence-electron chi connectivity index (χ1n) is 6.87. The van der Waals surface area contributed by atoms with Crippen molar-refractivity contribution in [3.05, 3.63) is 60.4 Å². The van der Waals surface area contributed by atoms with Crippen LogP contribution in [0.15, 0.2) is 54.8 Å². The lowest BCUT2D eigenvalue weighted by atomic mass is 9.92. The maximum Gasteiger partial charge on any atom is 0.126 e. The third kappa shape index (κ3) is 3.71. The molecule has 0 spiro atoms. The van der Waals surface area contributed by atoms with Crippen LogP contribution in [0.2, 0.25) is 0 Å². The minimum atomic E-state index is -0.407. The van der Waals surface area contributed by atoms with Gasteiger partial charge >= 0.3 is 0 Å². The van der Waals surface area contributed by atoms with Crippen LogP contribution in [0.4, 0.5) is 0 Å². The van der Waals surface area contributed by atoms with Gasteiger partial charge < -0.3 is 9.47 Å². The zero-order chi connectivity index (χ0) is 13.6. The Balaban J connectivity index is 2.18. The topological polar surface area (TPSA) is 18.5 Å². The second-order valence-corrected chi connectivity index (χ2v) is 5.05. The van der Waals surface area contributed by atoms with Crippen LogP contribution in [-0.4, -0.2) is 18.8 Å². The van der Waals surface area contributed by atoms with Crippen molar-refractivity contribution in [2.24, 2.45) is 0 Å². The quantitative estimate of drug-likeness (QED) is 0.721. The van der Waals surface area contributed by atoms with E-state index >= 15 is 0 Å². The molecule has 1 aromatic rings. The molecule has 1 atom stereocenters.